The minimum Gasteiger partial charge on any atom is -0.490 e. The largest absolute Gasteiger partial charge is 0.490 e. The summed E-state index contributed by atoms with van der Waals surface area (Å²) in [5, 5.41) is 12.1. The zero-order valence-electron chi connectivity index (χ0n) is 15.5. The first-order chi connectivity index (χ1) is 13.1. The monoisotopic (exact) mass is 387 g/mol. The molecule has 0 saturated heterocycles. The molecule has 1 N–H and O–H groups in total. The summed E-state index contributed by atoms with van der Waals surface area (Å²) in [5.41, 5.74) is 2.91. The van der Waals surface area contributed by atoms with Gasteiger partial charge in [-0.15, -0.1) is 10.2 Å². The van der Waals surface area contributed by atoms with Crippen molar-refractivity contribution in [3.63, 3.8) is 0 Å². The highest BCUT2D eigenvalue weighted by Crippen LogP contribution is 2.30. The topological polar surface area (TPSA) is 69.4 Å². The molecular weight excluding hydrogens is 366 g/mol. The van der Waals surface area contributed by atoms with E-state index in [4.69, 9.17) is 25.5 Å². The lowest BCUT2D eigenvalue weighted by Crippen LogP contribution is -2.08. The molecule has 1 unspecified atom stereocenters. The summed E-state index contributed by atoms with van der Waals surface area (Å²) in [6, 6.07) is 13.3. The molecule has 1 aromatic heterocycles. The third kappa shape index (κ3) is 4.99. The summed E-state index contributed by atoms with van der Waals surface area (Å²) in [6.45, 7) is 4.94. The highest BCUT2D eigenvalue weighted by Gasteiger charge is 2.15. The van der Waals surface area contributed by atoms with Gasteiger partial charge in [-0.05, 0) is 44.2 Å². The molecular formula is C20H22ClN3O3. The van der Waals surface area contributed by atoms with E-state index in [0.717, 1.165) is 11.3 Å². The number of nitrogens with one attached hydrogen (secondary N) is 1. The fourth-order valence-corrected chi connectivity index (χ4v) is 2.71. The van der Waals surface area contributed by atoms with Crippen LogP contribution in [0, 0.1) is 6.92 Å². The van der Waals surface area contributed by atoms with Gasteiger partial charge in [-0.1, -0.05) is 29.3 Å². The summed E-state index contributed by atoms with van der Waals surface area (Å²) < 4.78 is 16.3. The molecule has 0 fully saturated rings. The number of ether oxygens (including phenoxy) is 2. The Balaban J connectivity index is 1.66. The van der Waals surface area contributed by atoms with E-state index >= 15 is 0 Å². The van der Waals surface area contributed by atoms with Crippen LogP contribution in [-0.4, -0.2) is 30.5 Å². The lowest BCUT2D eigenvalue weighted by Gasteiger charge is -2.13. The van der Waals surface area contributed by atoms with Crippen LogP contribution in [0.15, 0.2) is 46.9 Å². The number of hydrogen-bond acceptors (Lipinski definition) is 6. The third-order valence-electron chi connectivity index (χ3n) is 3.97. The lowest BCUT2D eigenvalue weighted by atomic mass is 10.1. The van der Waals surface area contributed by atoms with Gasteiger partial charge in [-0.3, -0.25) is 0 Å². The van der Waals surface area contributed by atoms with Crippen molar-refractivity contribution in [2.45, 2.75) is 19.9 Å². The second-order valence-corrected chi connectivity index (χ2v) is 6.57. The van der Waals surface area contributed by atoms with E-state index < -0.39 is 0 Å². The van der Waals surface area contributed by atoms with E-state index in [9.17, 15) is 0 Å². The van der Waals surface area contributed by atoms with Crippen molar-refractivity contribution in [2.24, 2.45) is 0 Å². The molecule has 0 amide bonds. The summed E-state index contributed by atoms with van der Waals surface area (Å²) in [4.78, 5) is 0. The van der Waals surface area contributed by atoms with Crippen molar-refractivity contribution in [2.75, 3.05) is 25.6 Å². The highest BCUT2D eigenvalue weighted by molar-refractivity contribution is 6.32. The fraction of sp³-hybridized carbons (Fsp3) is 0.300. The lowest BCUT2D eigenvalue weighted by molar-refractivity contribution is 0.146. The van der Waals surface area contributed by atoms with Gasteiger partial charge in [-0.25, -0.2) is 0 Å². The molecule has 0 saturated carbocycles. The van der Waals surface area contributed by atoms with E-state index in [2.05, 4.69) is 15.5 Å². The first kappa shape index (κ1) is 19.2. The van der Waals surface area contributed by atoms with Crippen LogP contribution in [-0.2, 0) is 4.74 Å². The molecule has 0 radical (unpaired) electrons. The van der Waals surface area contributed by atoms with E-state index in [1.54, 1.807) is 13.2 Å². The predicted molar refractivity (Wildman–Crippen MR) is 105 cm³/mol. The molecule has 3 rings (SSSR count). The maximum absolute atomic E-state index is 6.28. The summed E-state index contributed by atoms with van der Waals surface area (Å²) >= 11 is 6.28. The van der Waals surface area contributed by atoms with Crippen molar-refractivity contribution < 1.29 is 13.9 Å². The summed E-state index contributed by atoms with van der Waals surface area (Å²) in [7, 11) is 1.63. The maximum atomic E-state index is 6.28. The second-order valence-electron chi connectivity index (χ2n) is 6.16. The zero-order chi connectivity index (χ0) is 19.2. The molecule has 142 valence electrons. The minimum atomic E-state index is -0.173. The van der Waals surface area contributed by atoms with Crippen LogP contribution < -0.4 is 10.1 Å². The van der Waals surface area contributed by atoms with E-state index in [1.165, 1.54) is 5.56 Å². The number of benzene rings is 2. The van der Waals surface area contributed by atoms with Gasteiger partial charge in [0.15, 0.2) is 0 Å². The molecule has 0 aliphatic rings. The van der Waals surface area contributed by atoms with E-state index in [-0.39, 0.29) is 6.04 Å². The number of aryl methyl sites for hydroxylation is 1. The minimum absolute atomic E-state index is 0.173. The highest BCUT2D eigenvalue weighted by atomic mass is 35.5. The molecule has 3 aromatic rings. The molecule has 7 heteroatoms. The van der Waals surface area contributed by atoms with Gasteiger partial charge in [0.25, 0.3) is 0 Å². The normalized spacial score (nSPS) is 12.0. The number of hydrogen-bond donors (Lipinski definition) is 1. The van der Waals surface area contributed by atoms with Crippen LogP contribution in [0.4, 0.5) is 5.69 Å². The SMILES string of the molecule is COCCOc1ccc(NC(C)c2nnc(-c3ccc(C)cc3)o2)cc1Cl. The first-order valence-electron chi connectivity index (χ1n) is 8.65. The van der Waals surface area contributed by atoms with Crippen molar-refractivity contribution in [3.8, 4) is 17.2 Å². The van der Waals surface area contributed by atoms with Crippen LogP contribution in [0.3, 0.4) is 0 Å². The third-order valence-corrected chi connectivity index (χ3v) is 4.27. The van der Waals surface area contributed by atoms with Gasteiger partial charge in [0, 0.05) is 18.4 Å². The number of aromatic nitrogens is 2. The average molecular weight is 388 g/mol. The zero-order valence-corrected chi connectivity index (χ0v) is 16.3. The van der Waals surface area contributed by atoms with Crippen LogP contribution in [0.25, 0.3) is 11.5 Å². The Bertz CT molecular complexity index is 880. The van der Waals surface area contributed by atoms with Crippen molar-refractivity contribution >= 4 is 17.3 Å². The molecule has 0 aliphatic heterocycles. The fourth-order valence-electron chi connectivity index (χ4n) is 2.48. The Morgan fingerprint density at radius 2 is 1.89 bits per heavy atom. The molecule has 27 heavy (non-hydrogen) atoms. The Morgan fingerprint density at radius 3 is 2.59 bits per heavy atom. The van der Waals surface area contributed by atoms with Crippen LogP contribution in [0.2, 0.25) is 5.02 Å². The predicted octanol–water partition coefficient (Wildman–Crippen LogP) is 4.90. The Labute approximate surface area is 163 Å². The number of anilines is 1. The van der Waals surface area contributed by atoms with Gasteiger partial charge in [0.1, 0.15) is 18.4 Å². The van der Waals surface area contributed by atoms with Crippen molar-refractivity contribution in [3.05, 3.63) is 58.9 Å². The number of methoxy groups -OCH3 is 1. The van der Waals surface area contributed by atoms with Crippen LogP contribution >= 0.6 is 11.6 Å². The summed E-state index contributed by atoms with van der Waals surface area (Å²) in [6.07, 6.45) is 0. The van der Waals surface area contributed by atoms with Crippen molar-refractivity contribution in [1.29, 1.82) is 0 Å². The molecule has 1 atom stereocenters. The van der Waals surface area contributed by atoms with Crippen molar-refractivity contribution in [1.82, 2.24) is 10.2 Å². The average Bonchev–Trinajstić information content (AvgIpc) is 3.14. The molecule has 1 heterocycles. The van der Waals surface area contributed by atoms with Crippen LogP contribution in [0.1, 0.15) is 24.4 Å². The Kier molecular flexibility index (Phi) is 6.32. The van der Waals surface area contributed by atoms with Gasteiger partial charge in [-0.2, -0.15) is 0 Å². The van der Waals surface area contributed by atoms with Gasteiger partial charge < -0.3 is 19.2 Å². The van der Waals surface area contributed by atoms with Crippen LogP contribution in [0.5, 0.6) is 5.75 Å². The maximum Gasteiger partial charge on any atom is 0.247 e. The molecule has 6 nitrogen and oxygen atoms in total. The molecule has 0 spiro atoms. The number of nitrogens with zero attached hydrogens (tertiary/aromatic N) is 2. The first-order valence-corrected chi connectivity index (χ1v) is 9.03. The van der Waals surface area contributed by atoms with Gasteiger partial charge in [0.05, 0.1) is 11.6 Å². The Morgan fingerprint density at radius 1 is 1.11 bits per heavy atom. The number of halogens is 1. The second kappa shape index (κ2) is 8.88. The number of rotatable bonds is 8. The molecule has 2 aromatic carbocycles. The van der Waals surface area contributed by atoms with E-state index in [0.29, 0.717) is 35.8 Å². The Hall–Kier alpha value is -2.57. The quantitative estimate of drug-likeness (QED) is 0.554. The smallest absolute Gasteiger partial charge is 0.247 e. The summed E-state index contributed by atoms with van der Waals surface area (Å²) in [5.74, 6) is 1.62. The standard InChI is InChI=1S/C20H22ClN3O3/c1-13-4-6-15(7-5-13)20-24-23-19(27-20)14(2)22-16-8-9-18(17(21)12-16)26-11-10-25-3/h4-9,12,14,22H,10-11H2,1-3H3. The molecule has 0 bridgehead atoms. The van der Waals surface area contributed by atoms with Gasteiger partial charge in [0.2, 0.25) is 11.8 Å². The molecule has 0 aliphatic carbocycles. The van der Waals surface area contributed by atoms with E-state index in [1.807, 2.05) is 50.2 Å². The van der Waals surface area contributed by atoms with Gasteiger partial charge >= 0.3 is 0 Å².